The Kier molecular flexibility index (Phi) is 6.41. The third kappa shape index (κ3) is 6.58. The Balaban J connectivity index is 2.51. The molecule has 0 saturated heterocycles. The van der Waals surface area contributed by atoms with Crippen molar-refractivity contribution in [1.82, 2.24) is 10.2 Å². The molecule has 23 heavy (non-hydrogen) atoms. The number of aliphatic carboxylic acids is 1. The Morgan fingerprint density at radius 1 is 1.26 bits per heavy atom. The molecule has 1 atom stereocenters. The van der Waals surface area contributed by atoms with Gasteiger partial charge in [0.1, 0.15) is 0 Å². The van der Waals surface area contributed by atoms with Crippen LogP contribution < -0.4 is 5.32 Å². The first kappa shape index (κ1) is 18.8. The number of carboxylic acid groups (broad SMARTS) is 1. The molecule has 1 aromatic carbocycles. The Hall–Kier alpha value is -2.25. The van der Waals surface area contributed by atoms with Crippen LogP contribution in [0.2, 0.25) is 0 Å². The molecule has 0 aliphatic rings. The lowest BCUT2D eigenvalue weighted by molar-refractivity contribution is -0.138. The number of nitrogens with zero attached hydrogens (tertiary/aromatic N) is 1. The predicted octanol–water partition coefficient (Wildman–Crippen LogP) is 2.75. The van der Waals surface area contributed by atoms with E-state index >= 15 is 0 Å². The number of hydrogen-bond donors (Lipinski definition) is 2. The second-order valence-corrected chi connectivity index (χ2v) is 5.31. The third-order valence-corrected chi connectivity index (χ3v) is 3.20. The molecule has 128 valence electrons. The fourth-order valence-corrected chi connectivity index (χ4v) is 1.92. The standard InChI is InChI=1S/C15H19F3N2O3/c1-10(19-14(23)20(2)8-7-13(21)22)9-11-3-5-12(6-4-11)15(16,17)18/h3-6,10H,7-9H2,1-2H3,(H,19,23)(H,21,22). The van der Waals surface area contributed by atoms with Crippen LogP contribution in [-0.2, 0) is 17.4 Å². The highest BCUT2D eigenvalue weighted by atomic mass is 19.4. The smallest absolute Gasteiger partial charge is 0.416 e. The summed E-state index contributed by atoms with van der Waals surface area (Å²) in [5, 5.41) is 11.2. The van der Waals surface area contributed by atoms with Gasteiger partial charge in [0.05, 0.1) is 12.0 Å². The number of rotatable bonds is 6. The number of urea groups is 1. The molecular formula is C15H19F3N2O3. The fraction of sp³-hybridized carbons (Fsp3) is 0.467. The summed E-state index contributed by atoms with van der Waals surface area (Å²) in [7, 11) is 1.48. The highest BCUT2D eigenvalue weighted by molar-refractivity contribution is 5.75. The number of carbonyl (C=O) groups is 2. The van der Waals surface area contributed by atoms with E-state index in [1.807, 2.05) is 0 Å². The number of alkyl halides is 3. The molecule has 0 bridgehead atoms. The molecule has 5 nitrogen and oxygen atoms in total. The van der Waals surface area contributed by atoms with E-state index < -0.39 is 23.7 Å². The van der Waals surface area contributed by atoms with E-state index in [1.54, 1.807) is 6.92 Å². The first-order valence-electron chi connectivity index (χ1n) is 6.99. The molecule has 1 aromatic rings. The summed E-state index contributed by atoms with van der Waals surface area (Å²) in [6.45, 7) is 1.80. The number of hydrogen-bond acceptors (Lipinski definition) is 2. The second kappa shape index (κ2) is 7.85. The first-order valence-corrected chi connectivity index (χ1v) is 6.99. The lowest BCUT2D eigenvalue weighted by atomic mass is 10.1. The molecule has 1 unspecified atom stereocenters. The summed E-state index contributed by atoms with van der Waals surface area (Å²) < 4.78 is 37.4. The number of halogens is 3. The molecule has 0 fully saturated rings. The molecule has 8 heteroatoms. The van der Waals surface area contributed by atoms with E-state index in [-0.39, 0.29) is 19.0 Å². The molecule has 0 heterocycles. The van der Waals surface area contributed by atoms with Crippen LogP contribution in [0.3, 0.4) is 0 Å². The number of benzene rings is 1. The second-order valence-electron chi connectivity index (χ2n) is 5.31. The van der Waals surface area contributed by atoms with Crippen molar-refractivity contribution in [2.75, 3.05) is 13.6 Å². The van der Waals surface area contributed by atoms with Crippen LogP contribution in [0.4, 0.5) is 18.0 Å². The maximum absolute atomic E-state index is 12.5. The third-order valence-electron chi connectivity index (χ3n) is 3.20. The van der Waals surface area contributed by atoms with Crippen molar-refractivity contribution in [3.63, 3.8) is 0 Å². The van der Waals surface area contributed by atoms with Gasteiger partial charge in [0.15, 0.2) is 0 Å². The minimum Gasteiger partial charge on any atom is -0.481 e. The number of carbonyl (C=O) groups excluding carboxylic acids is 1. The number of nitrogens with one attached hydrogen (secondary N) is 1. The van der Waals surface area contributed by atoms with Gasteiger partial charge in [-0.1, -0.05) is 12.1 Å². The average Bonchev–Trinajstić information content (AvgIpc) is 2.44. The summed E-state index contributed by atoms with van der Waals surface area (Å²) >= 11 is 0. The maximum Gasteiger partial charge on any atom is 0.416 e. The lowest BCUT2D eigenvalue weighted by Crippen LogP contribution is -2.43. The van der Waals surface area contributed by atoms with Crippen LogP contribution in [0.15, 0.2) is 24.3 Å². The highest BCUT2D eigenvalue weighted by Gasteiger charge is 2.29. The highest BCUT2D eigenvalue weighted by Crippen LogP contribution is 2.29. The van der Waals surface area contributed by atoms with Crippen LogP contribution in [0.1, 0.15) is 24.5 Å². The van der Waals surface area contributed by atoms with E-state index in [4.69, 9.17) is 5.11 Å². The first-order chi connectivity index (χ1) is 10.6. The molecule has 0 aromatic heterocycles. The van der Waals surface area contributed by atoms with E-state index in [0.29, 0.717) is 12.0 Å². The molecule has 2 N–H and O–H groups in total. The molecule has 0 radical (unpaired) electrons. The van der Waals surface area contributed by atoms with E-state index in [9.17, 15) is 22.8 Å². The SMILES string of the molecule is CC(Cc1ccc(C(F)(F)F)cc1)NC(=O)N(C)CCC(=O)O. The Bertz CT molecular complexity index is 544. The van der Waals surface area contributed by atoms with Gasteiger partial charge in [0.25, 0.3) is 0 Å². The van der Waals surface area contributed by atoms with Gasteiger partial charge >= 0.3 is 18.2 Å². The molecule has 1 rings (SSSR count). The number of carboxylic acids is 1. The van der Waals surface area contributed by atoms with Crippen LogP contribution in [0, 0.1) is 0 Å². The largest absolute Gasteiger partial charge is 0.481 e. The van der Waals surface area contributed by atoms with Gasteiger partial charge in [-0.25, -0.2) is 4.79 Å². The van der Waals surface area contributed by atoms with Gasteiger partial charge in [0, 0.05) is 19.6 Å². The van der Waals surface area contributed by atoms with Gasteiger partial charge in [0.2, 0.25) is 0 Å². The summed E-state index contributed by atoms with van der Waals surface area (Å²) in [6, 6.07) is 4.03. The molecule has 2 amide bonds. The fourth-order valence-electron chi connectivity index (χ4n) is 1.92. The van der Waals surface area contributed by atoms with Crippen molar-refractivity contribution < 1.29 is 27.9 Å². The lowest BCUT2D eigenvalue weighted by Gasteiger charge is -2.21. The quantitative estimate of drug-likeness (QED) is 0.841. The van der Waals surface area contributed by atoms with E-state index in [2.05, 4.69) is 5.32 Å². The van der Waals surface area contributed by atoms with Crippen LogP contribution in [0.25, 0.3) is 0 Å². The van der Waals surface area contributed by atoms with Crippen molar-refractivity contribution in [2.45, 2.75) is 32.0 Å². The zero-order chi connectivity index (χ0) is 17.6. The van der Waals surface area contributed by atoms with Crippen LogP contribution in [-0.4, -0.2) is 41.6 Å². The predicted molar refractivity (Wildman–Crippen MR) is 78.0 cm³/mol. The zero-order valence-corrected chi connectivity index (χ0v) is 12.9. The van der Waals surface area contributed by atoms with Crippen molar-refractivity contribution in [2.24, 2.45) is 0 Å². The Labute approximate surface area is 132 Å². The molecular weight excluding hydrogens is 313 g/mol. The van der Waals surface area contributed by atoms with Crippen molar-refractivity contribution in [3.05, 3.63) is 35.4 Å². The maximum atomic E-state index is 12.5. The number of amides is 2. The Morgan fingerprint density at radius 2 is 1.83 bits per heavy atom. The molecule has 0 spiro atoms. The topological polar surface area (TPSA) is 69.6 Å². The van der Waals surface area contributed by atoms with Gasteiger partial charge in [-0.15, -0.1) is 0 Å². The van der Waals surface area contributed by atoms with Gasteiger partial charge < -0.3 is 15.3 Å². The van der Waals surface area contributed by atoms with Crippen LogP contribution >= 0.6 is 0 Å². The van der Waals surface area contributed by atoms with E-state index in [1.165, 1.54) is 24.1 Å². The van der Waals surface area contributed by atoms with Gasteiger partial charge in [-0.05, 0) is 31.0 Å². The summed E-state index contributed by atoms with van der Waals surface area (Å²) in [5.74, 6) is -0.998. The summed E-state index contributed by atoms with van der Waals surface area (Å²) in [4.78, 5) is 23.5. The van der Waals surface area contributed by atoms with Crippen molar-refractivity contribution in [3.8, 4) is 0 Å². The normalized spacial score (nSPS) is 12.6. The minimum atomic E-state index is -4.37. The van der Waals surface area contributed by atoms with Crippen LogP contribution in [0.5, 0.6) is 0 Å². The zero-order valence-electron chi connectivity index (χ0n) is 12.9. The van der Waals surface area contributed by atoms with Crippen molar-refractivity contribution in [1.29, 1.82) is 0 Å². The molecule has 0 saturated carbocycles. The molecule has 0 aliphatic heterocycles. The monoisotopic (exact) mass is 332 g/mol. The van der Waals surface area contributed by atoms with Crippen molar-refractivity contribution >= 4 is 12.0 Å². The average molecular weight is 332 g/mol. The van der Waals surface area contributed by atoms with Gasteiger partial charge in [-0.3, -0.25) is 4.79 Å². The summed E-state index contributed by atoms with van der Waals surface area (Å²) in [6.07, 6.45) is -4.15. The van der Waals surface area contributed by atoms with E-state index in [0.717, 1.165) is 12.1 Å². The molecule has 0 aliphatic carbocycles. The minimum absolute atomic E-state index is 0.0775. The van der Waals surface area contributed by atoms with Gasteiger partial charge in [-0.2, -0.15) is 13.2 Å². The summed E-state index contributed by atoms with van der Waals surface area (Å²) in [5.41, 5.74) is -0.0506. The Morgan fingerprint density at radius 3 is 2.30 bits per heavy atom.